The molecule has 3 rings (SSSR count). The molecule has 148 valence electrons. The lowest BCUT2D eigenvalue weighted by Crippen LogP contribution is -2.51. The van der Waals surface area contributed by atoms with Crippen molar-refractivity contribution >= 4 is 11.8 Å². The molecule has 2 atom stereocenters. The number of aliphatic hydroxyl groups is 1. The number of β-amino-alcohol motifs (C(OH)–C–C–N with tert-alkyl or cyclic N) is 1. The molecule has 2 aliphatic rings. The van der Waals surface area contributed by atoms with Gasteiger partial charge >= 0.3 is 0 Å². The molecule has 2 amide bonds. The predicted molar refractivity (Wildman–Crippen MR) is 99.1 cm³/mol. The number of ether oxygens (including phenoxy) is 2. The largest absolute Gasteiger partial charge is 0.493 e. The topological polar surface area (TPSA) is 91.3 Å². The molecular formula is C19H27N3O5. The molecular weight excluding hydrogens is 350 g/mol. The average molecular weight is 377 g/mol. The molecule has 0 saturated carbocycles. The highest BCUT2D eigenvalue weighted by Crippen LogP contribution is 2.31. The van der Waals surface area contributed by atoms with Crippen molar-refractivity contribution in [2.24, 2.45) is 0 Å². The van der Waals surface area contributed by atoms with Crippen LogP contribution in [0.15, 0.2) is 18.2 Å². The minimum atomic E-state index is -0.366. The van der Waals surface area contributed by atoms with Gasteiger partial charge in [-0.3, -0.25) is 9.59 Å². The summed E-state index contributed by atoms with van der Waals surface area (Å²) in [6.45, 7) is 2.51. The van der Waals surface area contributed by atoms with Gasteiger partial charge in [-0.2, -0.15) is 0 Å². The summed E-state index contributed by atoms with van der Waals surface area (Å²) in [5.41, 5.74) is 0.459. The van der Waals surface area contributed by atoms with Gasteiger partial charge in [-0.05, 0) is 18.6 Å². The molecule has 0 spiro atoms. The Balaban J connectivity index is 1.57. The molecule has 2 heterocycles. The fourth-order valence-corrected chi connectivity index (χ4v) is 3.68. The Morgan fingerprint density at radius 3 is 2.44 bits per heavy atom. The number of aliphatic hydroxyl groups excluding tert-OH is 1. The van der Waals surface area contributed by atoms with Crippen molar-refractivity contribution in [1.29, 1.82) is 0 Å². The Hall–Kier alpha value is -2.32. The molecule has 0 aliphatic carbocycles. The molecule has 2 saturated heterocycles. The number of piperazine rings is 1. The normalized spacial score (nSPS) is 22.6. The Bertz CT molecular complexity index is 688. The van der Waals surface area contributed by atoms with Gasteiger partial charge in [-0.15, -0.1) is 0 Å². The van der Waals surface area contributed by atoms with Gasteiger partial charge in [0.25, 0.3) is 5.91 Å². The minimum absolute atomic E-state index is 0.0354. The zero-order valence-electron chi connectivity index (χ0n) is 15.8. The molecule has 2 N–H and O–H groups in total. The second kappa shape index (κ2) is 8.58. The molecule has 1 aromatic carbocycles. The number of carbonyl (C=O) groups is 2. The van der Waals surface area contributed by atoms with Gasteiger partial charge in [-0.25, -0.2) is 0 Å². The maximum atomic E-state index is 12.9. The Labute approximate surface area is 159 Å². The number of rotatable bonds is 5. The van der Waals surface area contributed by atoms with Crippen molar-refractivity contribution in [1.82, 2.24) is 15.1 Å². The molecule has 8 nitrogen and oxygen atoms in total. The summed E-state index contributed by atoms with van der Waals surface area (Å²) in [5.74, 6) is 0.879. The van der Waals surface area contributed by atoms with Crippen LogP contribution in [0.1, 0.15) is 23.2 Å². The fourth-order valence-electron chi connectivity index (χ4n) is 3.68. The molecule has 0 aromatic heterocycles. The molecule has 0 unspecified atom stereocenters. The van der Waals surface area contributed by atoms with E-state index in [9.17, 15) is 14.7 Å². The van der Waals surface area contributed by atoms with Crippen LogP contribution < -0.4 is 14.8 Å². The number of carbonyl (C=O) groups excluding carboxylic acids is 2. The van der Waals surface area contributed by atoms with Gasteiger partial charge in [-0.1, -0.05) is 6.07 Å². The van der Waals surface area contributed by atoms with E-state index in [1.54, 1.807) is 28.0 Å². The van der Waals surface area contributed by atoms with Crippen LogP contribution in [0.25, 0.3) is 0 Å². The molecule has 2 aliphatic heterocycles. The van der Waals surface area contributed by atoms with Crippen LogP contribution in [-0.4, -0.2) is 85.8 Å². The summed E-state index contributed by atoms with van der Waals surface area (Å²) in [5, 5.41) is 12.7. The Morgan fingerprint density at radius 2 is 1.85 bits per heavy atom. The summed E-state index contributed by atoms with van der Waals surface area (Å²) in [6.07, 6.45) is 0.629. The van der Waals surface area contributed by atoms with E-state index in [1.165, 1.54) is 14.2 Å². The van der Waals surface area contributed by atoms with E-state index in [0.29, 0.717) is 62.6 Å². The van der Waals surface area contributed by atoms with Gasteiger partial charge < -0.3 is 29.7 Å². The van der Waals surface area contributed by atoms with Crippen LogP contribution in [0, 0.1) is 0 Å². The molecule has 8 heteroatoms. The molecule has 1 aromatic rings. The van der Waals surface area contributed by atoms with Gasteiger partial charge in [0.2, 0.25) is 5.91 Å². The van der Waals surface area contributed by atoms with Gasteiger partial charge in [0.1, 0.15) is 0 Å². The quantitative estimate of drug-likeness (QED) is 0.756. The Morgan fingerprint density at radius 1 is 1.15 bits per heavy atom. The van der Waals surface area contributed by atoms with E-state index >= 15 is 0 Å². The number of nitrogens with zero attached hydrogens (tertiary/aromatic N) is 2. The molecule has 0 bridgehead atoms. The number of hydrogen-bond donors (Lipinski definition) is 2. The predicted octanol–water partition coefficient (Wildman–Crippen LogP) is 0.101. The minimum Gasteiger partial charge on any atom is -0.493 e. The van der Waals surface area contributed by atoms with Crippen LogP contribution in [0.5, 0.6) is 11.5 Å². The second-order valence-corrected chi connectivity index (χ2v) is 6.91. The first-order valence-electron chi connectivity index (χ1n) is 9.23. The van der Waals surface area contributed by atoms with E-state index in [-0.39, 0.29) is 24.0 Å². The van der Waals surface area contributed by atoms with Crippen LogP contribution in [0.3, 0.4) is 0 Å². The summed E-state index contributed by atoms with van der Waals surface area (Å²) in [7, 11) is 3.05. The van der Waals surface area contributed by atoms with Crippen molar-refractivity contribution in [3.63, 3.8) is 0 Å². The Kier molecular flexibility index (Phi) is 6.18. The fraction of sp³-hybridized carbons (Fsp3) is 0.579. The highest BCUT2D eigenvalue weighted by molar-refractivity contribution is 5.98. The van der Waals surface area contributed by atoms with Gasteiger partial charge in [0.05, 0.1) is 25.9 Å². The van der Waals surface area contributed by atoms with Crippen molar-refractivity contribution in [3.05, 3.63) is 23.8 Å². The second-order valence-electron chi connectivity index (χ2n) is 6.91. The van der Waals surface area contributed by atoms with E-state index in [1.807, 2.05) is 0 Å². The third-order valence-electron chi connectivity index (χ3n) is 5.17. The number of methoxy groups -OCH3 is 2. The summed E-state index contributed by atoms with van der Waals surface area (Å²) in [6, 6.07) is 5.27. The first kappa shape index (κ1) is 19.4. The number of para-hydroxylation sites is 1. The van der Waals surface area contributed by atoms with Crippen molar-refractivity contribution in [2.45, 2.75) is 25.0 Å². The average Bonchev–Trinajstić information content (AvgIpc) is 3.11. The number of hydrogen-bond acceptors (Lipinski definition) is 6. The lowest BCUT2D eigenvalue weighted by Gasteiger charge is -2.35. The van der Waals surface area contributed by atoms with Crippen LogP contribution in [-0.2, 0) is 4.79 Å². The molecule has 0 radical (unpaired) electrons. The third-order valence-corrected chi connectivity index (χ3v) is 5.17. The monoisotopic (exact) mass is 377 g/mol. The summed E-state index contributed by atoms with van der Waals surface area (Å²) < 4.78 is 10.6. The summed E-state index contributed by atoms with van der Waals surface area (Å²) in [4.78, 5) is 28.9. The maximum Gasteiger partial charge on any atom is 0.257 e. The maximum absolute atomic E-state index is 12.9. The van der Waals surface area contributed by atoms with Gasteiger partial charge in [0.15, 0.2) is 11.5 Å². The van der Waals surface area contributed by atoms with Gasteiger partial charge in [0, 0.05) is 45.2 Å². The zero-order chi connectivity index (χ0) is 19.4. The first-order valence-corrected chi connectivity index (χ1v) is 9.23. The van der Waals surface area contributed by atoms with Crippen molar-refractivity contribution in [2.75, 3.05) is 46.9 Å². The standard InChI is InChI=1S/C19H27N3O5/c1-26-16-5-3-4-15(18(16)27-2)19(25)22-8-6-21(7-9-22)17(24)11-13-10-14(23)12-20-13/h3-5,13-14,20,23H,6-12H2,1-2H3/t13-,14-/m1/s1. The van der Waals surface area contributed by atoms with E-state index in [0.717, 1.165) is 0 Å². The molecule has 2 fully saturated rings. The third kappa shape index (κ3) is 4.33. The molecule has 27 heavy (non-hydrogen) atoms. The van der Waals surface area contributed by atoms with E-state index in [2.05, 4.69) is 5.32 Å². The zero-order valence-corrected chi connectivity index (χ0v) is 15.8. The lowest BCUT2D eigenvalue weighted by molar-refractivity contribution is -0.133. The van der Waals surface area contributed by atoms with Crippen LogP contribution in [0.2, 0.25) is 0 Å². The van der Waals surface area contributed by atoms with Crippen molar-refractivity contribution in [3.8, 4) is 11.5 Å². The van der Waals surface area contributed by atoms with E-state index in [4.69, 9.17) is 9.47 Å². The highest BCUT2D eigenvalue weighted by Gasteiger charge is 2.30. The first-order chi connectivity index (χ1) is 13.0. The summed E-state index contributed by atoms with van der Waals surface area (Å²) >= 11 is 0. The van der Waals surface area contributed by atoms with E-state index < -0.39 is 0 Å². The lowest BCUT2D eigenvalue weighted by atomic mass is 10.1. The smallest absolute Gasteiger partial charge is 0.257 e. The van der Waals surface area contributed by atoms with Crippen molar-refractivity contribution < 1.29 is 24.2 Å². The number of benzene rings is 1. The SMILES string of the molecule is COc1cccc(C(=O)N2CCN(C(=O)C[C@H]3C[C@@H](O)CN3)CC2)c1OC. The highest BCUT2D eigenvalue weighted by atomic mass is 16.5. The van der Waals surface area contributed by atoms with Crippen LogP contribution in [0.4, 0.5) is 0 Å². The van der Waals surface area contributed by atoms with Crippen LogP contribution >= 0.6 is 0 Å². The number of nitrogens with one attached hydrogen (secondary N) is 1. The number of amides is 2.